The molecule has 0 atom stereocenters. The minimum Gasteiger partial charge on any atom is -0.465 e. The largest absolute Gasteiger partial charge is 0.465 e. The van der Waals surface area contributed by atoms with Crippen LogP contribution in [0.4, 0.5) is 0 Å². The molecule has 2 heterocycles. The molecule has 1 amide bonds. The van der Waals surface area contributed by atoms with Crippen molar-refractivity contribution < 1.29 is 22.7 Å². The van der Waals surface area contributed by atoms with Crippen molar-refractivity contribution in [2.24, 2.45) is 13.0 Å². The van der Waals surface area contributed by atoms with Crippen LogP contribution in [0, 0.1) is 5.92 Å². The first-order chi connectivity index (χ1) is 13.8. The number of amides is 1. The molecule has 0 radical (unpaired) electrons. The van der Waals surface area contributed by atoms with Crippen molar-refractivity contribution in [1.82, 2.24) is 19.4 Å². The van der Waals surface area contributed by atoms with Crippen LogP contribution >= 0.6 is 0 Å². The minimum absolute atomic E-state index is 0.00587. The molecule has 156 valence electrons. The van der Waals surface area contributed by atoms with E-state index in [1.165, 1.54) is 23.5 Å². The van der Waals surface area contributed by atoms with Gasteiger partial charge < -0.3 is 10.1 Å². The number of benzene rings is 1. The number of methoxy groups -OCH3 is 1. The standard InChI is InChI=1S/C19H24N4O5S/c1-22-13-14(12-21-22)11-20-18(24)15-7-9-23(10-8-15)29(26,27)17-6-4-3-5-16(17)19(25)28-2/h3-6,12-13,15H,7-11H2,1-2H3,(H,20,24). The van der Waals surface area contributed by atoms with Crippen molar-refractivity contribution in [3.05, 3.63) is 47.8 Å². The number of piperidine rings is 1. The van der Waals surface area contributed by atoms with Gasteiger partial charge in [-0.15, -0.1) is 0 Å². The average Bonchev–Trinajstić information content (AvgIpc) is 3.16. The highest BCUT2D eigenvalue weighted by molar-refractivity contribution is 7.89. The molecule has 1 fully saturated rings. The van der Waals surface area contributed by atoms with E-state index in [1.54, 1.807) is 30.1 Å². The summed E-state index contributed by atoms with van der Waals surface area (Å²) in [5, 5.41) is 6.94. The van der Waals surface area contributed by atoms with Gasteiger partial charge >= 0.3 is 5.97 Å². The van der Waals surface area contributed by atoms with Gasteiger partial charge in [-0.25, -0.2) is 13.2 Å². The number of aryl methyl sites for hydroxylation is 1. The maximum Gasteiger partial charge on any atom is 0.339 e. The number of hydrogen-bond donors (Lipinski definition) is 1. The zero-order valence-electron chi connectivity index (χ0n) is 16.4. The third kappa shape index (κ3) is 4.65. The number of sulfonamides is 1. The Kier molecular flexibility index (Phi) is 6.33. The van der Waals surface area contributed by atoms with Gasteiger partial charge in [0.25, 0.3) is 0 Å². The highest BCUT2D eigenvalue weighted by atomic mass is 32.2. The van der Waals surface area contributed by atoms with Crippen molar-refractivity contribution >= 4 is 21.9 Å². The van der Waals surface area contributed by atoms with E-state index in [4.69, 9.17) is 4.74 Å². The second-order valence-electron chi connectivity index (χ2n) is 6.91. The Labute approximate surface area is 169 Å². The van der Waals surface area contributed by atoms with E-state index in [0.717, 1.165) is 5.56 Å². The fraction of sp³-hybridized carbons (Fsp3) is 0.421. The molecule has 0 saturated carbocycles. The van der Waals surface area contributed by atoms with Gasteiger partial charge in [-0.2, -0.15) is 9.40 Å². The average molecular weight is 420 g/mol. The van der Waals surface area contributed by atoms with E-state index < -0.39 is 16.0 Å². The van der Waals surface area contributed by atoms with Gasteiger partial charge in [0.1, 0.15) is 0 Å². The molecule has 1 aliphatic heterocycles. The number of nitrogens with one attached hydrogen (secondary N) is 1. The molecule has 0 aliphatic carbocycles. The monoisotopic (exact) mass is 420 g/mol. The third-order valence-electron chi connectivity index (χ3n) is 4.96. The van der Waals surface area contributed by atoms with Crippen molar-refractivity contribution in [3.8, 4) is 0 Å². The quantitative estimate of drug-likeness (QED) is 0.696. The fourth-order valence-electron chi connectivity index (χ4n) is 3.36. The highest BCUT2D eigenvalue weighted by Gasteiger charge is 2.34. The Morgan fingerprint density at radius 2 is 1.93 bits per heavy atom. The predicted molar refractivity (Wildman–Crippen MR) is 104 cm³/mol. The first-order valence-electron chi connectivity index (χ1n) is 9.25. The van der Waals surface area contributed by atoms with Crippen LogP contribution in [0.5, 0.6) is 0 Å². The summed E-state index contributed by atoms with van der Waals surface area (Å²) >= 11 is 0. The zero-order chi connectivity index (χ0) is 21.0. The van der Waals surface area contributed by atoms with Gasteiger partial charge in [0.15, 0.2) is 0 Å². The summed E-state index contributed by atoms with van der Waals surface area (Å²) in [4.78, 5) is 24.3. The summed E-state index contributed by atoms with van der Waals surface area (Å²) in [6.07, 6.45) is 4.35. The number of hydrogen-bond acceptors (Lipinski definition) is 6. The zero-order valence-corrected chi connectivity index (χ0v) is 17.2. The molecule has 9 nitrogen and oxygen atoms in total. The Hall–Kier alpha value is -2.72. The van der Waals surface area contributed by atoms with Crippen molar-refractivity contribution in [2.75, 3.05) is 20.2 Å². The number of aromatic nitrogens is 2. The lowest BCUT2D eigenvalue weighted by Crippen LogP contribution is -2.43. The molecular weight excluding hydrogens is 396 g/mol. The van der Waals surface area contributed by atoms with Crippen LogP contribution < -0.4 is 5.32 Å². The van der Waals surface area contributed by atoms with Gasteiger partial charge in [0.2, 0.25) is 15.9 Å². The molecule has 3 rings (SSSR count). The predicted octanol–water partition coefficient (Wildman–Crippen LogP) is 0.924. The molecule has 1 aromatic carbocycles. The lowest BCUT2D eigenvalue weighted by Gasteiger charge is -2.30. The molecule has 1 N–H and O–H groups in total. The highest BCUT2D eigenvalue weighted by Crippen LogP contribution is 2.26. The van der Waals surface area contributed by atoms with Crippen LogP contribution in [0.15, 0.2) is 41.6 Å². The molecule has 1 saturated heterocycles. The minimum atomic E-state index is -3.86. The van der Waals surface area contributed by atoms with Crippen molar-refractivity contribution in [2.45, 2.75) is 24.3 Å². The van der Waals surface area contributed by atoms with E-state index in [2.05, 4.69) is 10.4 Å². The lowest BCUT2D eigenvalue weighted by molar-refractivity contribution is -0.126. The van der Waals surface area contributed by atoms with Gasteiger partial charge in [-0.05, 0) is 25.0 Å². The van der Waals surface area contributed by atoms with E-state index in [-0.39, 0.29) is 35.4 Å². The van der Waals surface area contributed by atoms with E-state index in [0.29, 0.717) is 19.4 Å². The van der Waals surface area contributed by atoms with Crippen molar-refractivity contribution in [1.29, 1.82) is 0 Å². The summed E-state index contributed by atoms with van der Waals surface area (Å²) in [5.74, 6) is -1.05. The number of esters is 1. The molecule has 0 bridgehead atoms. The number of ether oxygens (including phenoxy) is 1. The lowest BCUT2D eigenvalue weighted by atomic mass is 9.97. The Balaban J connectivity index is 1.62. The molecule has 0 unspecified atom stereocenters. The van der Waals surface area contributed by atoms with Crippen LogP contribution in [0.2, 0.25) is 0 Å². The summed E-state index contributed by atoms with van der Waals surface area (Å²) in [6, 6.07) is 5.98. The van der Waals surface area contributed by atoms with Gasteiger partial charge in [-0.3, -0.25) is 9.48 Å². The maximum absolute atomic E-state index is 13.0. The number of rotatable bonds is 6. The van der Waals surface area contributed by atoms with Crippen LogP contribution in [0.1, 0.15) is 28.8 Å². The topological polar surface area (TPSA) is 111 Å². The van der Waals surface area contributed by atoms with Gasteiger partial charge in [0, 0.05) is 44.4 Å². The molecule has 0 spiro atoms. The molecule has 29 heavy (non-hydrogen) atoms. The number of nitrogens with zero attached hydrogens (tertiary/aromatic N) is 3. The van der Waals surface area contributed by atoms with Crippen molar-refractivity contribution in [3.63, 3.8) is 0 Å². The maximum atomic E-state index is 13.0. The summed E-state index contributed by atoms with van der Waals surface area (Å²) in [5.41, 5.74) is 0.909. The SMILES string of the molecule is COC(=O)c1ccccc1S(=O)(=O)N1CCC(C(=O)NCc2cnn(C)c2)CC1. The second kappa shape index (κ2) is 8.75. The van der Waals surface area contributed by atoms with Crippen LogP contribution in [-0.4, -0.2) is 54.6 Å². The summed E-state index contributed by atoms with van der Waals surface area (Å²) < 4.78 is 33.7. The van der Waals surface area contributed by atoms with Crippen LogP contribution in [0.25, 0.3) is 0 Å². The second-order valence-corrected chi connectivity index (χ2v) is 8.81. The molecule has 1 aromatic heterocycles. The third-order valence-corrected chi connectivity index (χ3v) is 6.92. The summed E-state index contributed by atoms with van der Waals surface area (Å²) in [7, 11) is -0.845. The molecule has 10 heteroatoms. The van der Waals surface area contributed by atoms with Gasteiger partial charge in [0.05, 0.1) is 23.8 Å². The van der Waals surface area contributed by atoms with E-state index in [9.17, 15) is 18.0 Å². The number of carbonyl (C=O) groups excluding carboxylic acids is 2. The van der Waals surface area contributed by atoms with Gasteiger partial charge in [-0.1, -0.05) is 12.1 Å². The molecular formula is C19H24N4O5S. The number of carbonyl (C=O) groups is 2. The first-order valence-corrected chi connectivity index (χ1v) is 10.7. The Morgan fingerprint density at radius 3 is 2.55 bits per heavy atom. The van der Waals surface area contributed by atoms with E-state index in [1.807, 2.05) is 6.20 Å². The Morgan fingerprint density at radius 1 is 1.24 bits per heavy atom. The molecule has 1 aliphatic rings. The normalized spacial score (nSPS) is 15.8. The van der Waals surface area contributed by atoms with E-state index >= 15 is 0 Å². The smallest absolute Gasteiger partial charge is 0.339 e. The Bertz CT molecular complexity index is 994. The van der Waals surface area contributed by atoms with Crippen LogP contribution in [-0.2, 0) is 33.1 Å². The van der Waals surface area contributed by atoms with Crippen LogP contribution in [0.3, 0.4) is 0 Å². The molecule has 2 aromatic rings. The summed E-state index contributed by atoms with van der Waals surface area (Å²) in [6.45, 7) is 0.809. The fourth-order valence-corrected chi connectivity index (χ4v) is 5.01. The first kappa shape index (κ1) is 21.0.